The van der Waals surface area contributed by atoms with Crippen molar-refractivity contribution in [3.63, 3.8) is 0 Å². The molecule has 4 aromatic heterocycles. The number of fused-ring (bicyclic) bond motifs is 3. The van der Waals surface area contributed by atoms with Crippen LogP contribution in [0.15, 0.2) is 30.3 Å². The molecule has 4 aromatic rings. The molecule has 0 aromatic carbocycles. The molecular formula is C19H19N9OS. The molecule has 30 heavy (non-hydrogen) atoms. The van der Waals surface area contributed by atoms with Crippen molar-refractivity contribution in [2.75, 3.05) is 18.1 Å². The lowest BCUT2D eigenvalue weighted by Crippen LogP contribution is -2.43. The van der Waals surface area contributed by atoms with Crippen molar-refractivity contribution >= 4 is 17.2 Å². The smallest absolute Gasteiger partial charge is 0.165 e. The minimum absolute atomic E-state index is 0.0808. The highest BCUT2D eigenvalue weighted by Gasteiger charge is 2.39. The Hall–Kier alpha value is -3.18. The number of hydrogen-bond acceptors (Lipinski definition) is 9. The maximum Gasteiger partial charge on any atom is 0.165 e. The van der Waals surface area contributed by atoms with Gasteiger partial charge in [-0.3, -0.25) is 9.67 Å². The molecule has 6 heterocycles. The van der Waals surface area contributed by atoms with E-state index >= 15 is 0 Å². The molecule has 1 saturated heterocycles. The van der Waals surface area contributed by atoms with Crippen molar-refractivity contribution < 1.29 is 4.74 Å². The molecule has 10 nitrogen and oxygen atoms in total. The molecule has 1 N–H and O–H groups in total. The molecule has 0 bridgehead atoms. The summed E-state index contributed by atoms with van der Waals surface area (Å²) >= 11 is 1.55. The Kier molecular flexibility index (Phi) is 4.09. The standard InChI is InChI=1S/C19H19N9OS/c1-2-13-18-26-23-10-27(18)14-8-21-16(24-17(14)28(13)11-3-5-29-9-11)12-7-22-25-15(12)19-20-4-6-30-19/h4,6-8,10-11,13H,2-3,5,9H2,1H3,(H,22,25)/t11?,13-/m1/s1. The topological polar surface area (TPSA) is 111 Å². The molecular weight excluding hydrogens is 402 g/mol. The summed E-state index contributed by atoms with van der Waals surface area (Å²) in [6, 6.07) is 0.321. The van der Waals surface area contributed by atoms with Gasteiger partial charge >= 0.3 is 0 Å². The Bertz CT molecular complexity index is 1180. The highest BCUT2D eigenvalue weighted by atomic mass is 32.1. The summed E-state index contributed by atoms with van der Waals surface area (Å²) in [4.78, 5) is 16.4. The van der Waals surface area contributed by atoms with Crippen LogP contribution in [0.5, 0.6) is 0 Å². The van der Waals surface area contributed by atoms with Crippen LogP contribution in [-0.4, -0.2) is 59.2 Å². The summed E-state index contributed by atoms with van der Waals surface area (Å²) in [5.41, 5.74) is 2.54. The Labute approximate surface area is 176 Å². The molecule has 1 fully saturated rings. The normalized spacial score (nSPS) is 20.4. The zero-order valence-corrected chi connectivity index (χ0v) is 17.1. The van der Waals surface area contributed by atoms with Crippen LogP contribution in [0.4, 0.5) is 5.82 Å². The van der Waals surface area contributed by atoms with E-state index in [9.17, 15) is 0 Å². The average molecular weight is 421 g/mol. The van der Waals surface area contributed by atoms with Gasteiger partial charge in [0.05, 0.1) is 36.6 Å². The van der Waals surface area contributed by atoms with Crippen molar-refractivity contribution in [2.45, 2.75) is 31.8 Å². The lowest BCUT2D eigenvalue weighted by Gasteiger charge is -2.40. The minimum atomic E-state index is 0.0808. The number of H-pyrrole nitrogens is 1. The first-order chi connectivity index (χ1) is 14.8. The van der Waals surface area contributed by atoms with Crippen LogP contribution >= 0.6 is 11.3 Å². The largest absolute Gasteiger partial charge is 0.379 e. The number of hydrogen-bond donors (Lipinski definition) is 1. The molecule has 0 saturated carbocycles. The Morgan fingerprint density at radius 2 is 2.27 bits per heavy atom. The van der Waals surface area contributed by atoms with E-state index in [0.717, 1.165) is 53.0 Å². The lowest BCUT2D eigenvalue weighted by molar-refractivity contribution is 0.191. The van der Waals surface area contributed by atoms with Gasteiger partial charge in [-0.1, -0.05) is 6.92 Å². The van der Waals surface area contributed by atoms with Gasteiger partial charge in [0.2, 0.25) is 0 Å². The van der Waals surface area contributed by atoms with Crippen molar-refractivity contribution in [1.82, 2.24) is 39.9 Å². The number of aromatic nitrogens is 8. The molecule has 2 aliphatic rings. The summed E-state index contributed by atoms with van der Waals surface area (Å²) in [5, 5.41) is 18.6. The van der Waals surface area contributed by atoms with Gasteiger partial charge in [0, 0.05) is 18.2 Å². The van der Waals surface area contributed by atoms with Gasteiger partial charge in [-0.05, 0) is 12.8 Å². The zero-order chi connectivity index (χ0) is 20.1. The third kappa shape index (κ3) is 2.58. The van der Waals surface area contributed by atoms with Crippen LogP contribution in [0, 0.1) is 0 Å². The van der Waals surface area contributed by atoms with Crippen LogP contribution in [0.2, 0.25) is 0 Å². The summed E-state index contributed by atoms with van der Waals surface area (Å²) in [6.07, 6.45) is 8.97. The van der Waals surface area contributed by atoms with E-state index in [1.807, 2.05) is 16.1 Å². The maximum atomic E-state index is 5.71. The van der Waals surface area contributed by atoms with E-state index in [1.165, 1.54) is 0 Å². The van der Waals surface area contributed by atoms with E-state index in [-0.39, 0.29) is 12.1 Å². The summed E-state index contributed by atoms with van der Waals surface area (Å²) in [7, 11) is 0. The molecule has 2 atom stereocenters. The first-order valence-corrected chi connectivity index (χ1v) is 10.8. The van der Waals surface area contributed by atoms with E-state index in [1.54, 1.807) is 30.1 Å². The molecule has 0 radical (unpaired) electrons. The fourth-order valence-electron chi connectivity index (χ4n) is 4.30. The maximum absolute atomic E-state index is 5.71. The van der Waals surface area contributed by atoms with Gasteiger partial charge in [-0.25, -0.2) is 15.0 Å². The van der Waals surface area contributed by atoms with Gasteiger partial charge in [-0.15, -0.1) is 21.5 Å². The molecule has 152 valence electrons. The third-order valence-electron chi connectivity index (χ3n) is 5.67. The number of anilines is 1. The third-order valence-corrected chi connectivity index (χ3v) is 6.46. The molecule has 0 spiro atoms. The van der Waals surface area contributed by atoms with Gasteiger partial charge < -0.3 is 9.64 Å². The predicted molar refractivity (Wildman–Crippen MR) is 110 cm³/mol. The van der Waals surface area contributed by atoms with Crippen LogP contribution in [0.25, 0.3) is 27.8 Å². The van der Waals surface area contributed by atoms with Crippen molar-refractivity contribution in [1.29, 1.82) is 0 Å². The van der Waals surface area contributed by atoms with Crippen LogP contribution < -0.4 is 4.90 Å². The number of rotatable bonds is 4. The van der Waals surface area contributed by atoms with E-state index < -0.39 is 0 Å². The fourth-order valence-corrected chi connectivity index (χ4v) is 4.94. The molecule has 6 rings (SSSR count). The Morgan fingerprint density at radius 3 is 3.07 bits per heavy atom. The highest BCUT2D eigenvalue weighted by Crippen LogP contribution is 2.41. The van der Waals surface area contributed by atoms with Crippen LogP contribution in [0.3, 0.4) is 0 Å². The highest BCUT2D eigenvalue weighted by molar-refractivity contribution is 7.13. The van der Waals surface area contributed by atoms with Crippen LogP contribution in [-0.2, 0) is 4.74 Å². The molecule has 0 aliphatic carbocycles. The van der Waals surface area contributed by atoms with Gasteiger partial charge in [-0.2, -0.15) is 5.10 Å². The SMILES string of the molecule is CC[C@@H]1c2nncn2-c2cnc(-c3cn[nH]c3-c3nccs3)nc2N1C1CCOC1. The number of nitrogens with one attached hydrogen (secondary N) is 1. The summed E-state index contributed by atoms with van der Waals surface area (Å²) < 4.78 is 7.71. The fraction of sp³-hybridized carbons (Fsp3) is 0.368. The number of aromatic amines is 1. The second-order valence-corrected chi connectivity index (χ2v) is 8.20. The molecule has 0 amide bonds. The molecule has 11 heteroatoms. The van der Waals surface area contributed by atoms with Gasteiger partial charge in [0.15, 0.2) is 17.5 Å². The van der Waals surface area contributed by atoms with Crippen molar-refractivity contribution in [3.05, 3.63) is 36.1 Å². The first kappa shape index (κ1) is 17.7. The molecule has 1 unspecified atom stereocenters. The number of ether oxygens (including phenoxy) is 1. The average Bonchev–Trinajstić information content (AvgIpc) is 3.57. The summed E-state index contributed by atoms with van der Waals surface area (Å²) in [6.45, 7) is 3.60. The first-order valence-electron chi connectivity index (χ1n) is 9.92. The van der Waals surface area contributed by atoms with Crippen LogP contribution in [0.1, 0.15) is 31.6 Å². The lowest BCUT2D eigenvalue weighted by atomic mass is 10.0. The number of nitrogens with zero attached hydrogens (tertiary/aromatic N) is 8. The second-order valence-electron chi connectivity index (χ2n) is 7.31. The monoisotopic (exact) mass is 421 g/mol. The van der Waals surface area contributed by atoms with Gasteiger partial charge in [0.25, 0.3) is 0 Å². The second kappa shape index (κ2) is 6.96. The Morgan fingerprint density at radius 1 is 1.30 bits per heavy atom. The Balaban J connectivity index is 1.52. The van der Waals surface area contributed by atoms with E-state index in [4.69, 9.17) is 9.72 Å². The van der Waals surface area contributed by atoms with Gasteiger partial charge in [0.1, 0.15) is 22.7 Å². The minimum Gasteiger partial charge on any atom is -0.379 e. The summed E-state index contributed by atoms with van der Waals surface area (Å²) in [5.74, 6) is 2.41. The van der Waals surface area contributed by atoms with E-state index in [0.29, 0.717) is 12.4 Å². The zero-order valence-electron chi connectivity index (χ0n) is 16.3. The van der Waals surface area contributed by atoms with Crippen molar-refractivity contribution in [2.24, 2.45) is 0 Å². The van der Waals surface area contributed by atoms with E-state index in [2.05, 4.69) is 42.2 Å². The quantitative estimate of drug-likeness (QED) is 0.535. The van der Waals surface area contributed by atoms with Crippen molar-refractivity contribution in [3.8, 4) is 27.8 Å². The molecule has 2 aliphatic heterocycles. The number of thiazole rings is 1. The predicted octanol–water partition coefficient (Wildman–Crippen LogP) is 2.63.